The average Bonchev–Trinajstić information content (AvgIpc) is 2.71. The van der Waals surface area contributed by atoms with Crippen LogP contribution in [0.1, 0.15) is 24.0 Å². The fraction of sp³-hybridized carbons (Fsp3) is 0.364. The minimum Gasteiger partial charge on any atom is -0.411 e. The van der Waals surface area contributed by atoms with E-state index >= 15 is 0 Å². The summed E-state index contributed by atoms with van der Waals surface area (Å²) in [6.45, 7) is 5.23. The smallest absolute Gasteiger partial charge is 0.265 e. The van der Waals surface area contributed by atoms with Crippen molar-refractivity contribution < 1.29 is 10.0 Å². The van der Waals surface area contributed by atoms with E-state index in [1.807, 2.05) is 12.1 Å². The molecule has 0 saturated heterocycles. The van der Waals surface area contributed by atoms with Gasteiger partial charge in [-0.3, -0.25) is 9.69 Å². The van der Waals surface area contributed by atoms with Crippen molar-refractivity contribution in [2.75, 3.05) is 26.2 Å². The van der Waals surface area contributed by atoms with Gasteiger partial charge >= 0.3 is 0 Å². The third-order valence-electron chi connectivity index (χ3n) is 4.33. The fourth-order valence-corrected chi connectivity index (χ4v) is 2.97. The first-order valence-electron chi connectivity index (χ1n) is 9.74. The average molecular weight is 455 g/mol. The molecule has 0 aromatic heterocycles. The highest BCUT2D eigenvalue weighted by molar-refractivity contribution is 6.25. The number of carbonyl (C=O) groups excluding carboxylic acids is 1. The third kappa shape index (κ3) is 12.4. The predicted octanol–water partition coefficient (Wildman–Crippen LogP) is 3.48. The molecule has 0 atom stereocenters. The maximum absolute atomic E-state index is 11.1. The number of halogens is 2. The van der Waals surface area contributed by atoms with Crippen molar-refractivity contribution in [3.05, 3.63) is 71.8 Å². The molecule has 0 aliphatic rings. The van der Waals surface area contributed by atoms with Crippen molar-refractivity contribution in [2.45, 2.75) is 25.9 Å². The zero-order valence-electron chi connectivity index (χ0n) is 17.1. The van der Waals surface area contributed by atoms with Gasteiger partial charge in [0.2, 0.25) is 0 Å². The Balaban J connectivity index is 0.00000420. The first-order valence-corrected chi connectivity index (χ1v) is 9.74. The summed E-state index contributed by atoms with van der Waals surface area (Å²) >= 11 is 0. The molecule has 2 aromatic carbocycles. The Morgan fingerprint density at radius 2 is 1.40 bits per heavy atom. The van der Waals surface area contributed by atoms with Gasteiger partial charge in [-0.15, -0.1) is 24.8 Å². The number of nitrogens with one attached hydrogen (secondary N) is 2. The van der Waals surface area contributed by atoms with E-state index in [1.165, 1.54) is 11.1 Å². The normalized spacial score (nSPS) is 10.4. The molecule has 1 amide bonds. The summed E-state index contributed by atoms with van der Waals surface area (Å²) in [6.07, 6.45) is 2.76. The number of hydrogen-bond acceptors (Lipinski definition) is 5. The third-order valence-corrected chi connectivity index (χ3v) is 4.33. The van der Waals surface area contributed by atoms with Crippen LogP contribution < -0.4 is 10.6 Å². The number of benzene rings is 2. The lowest BCUT2D eigenvalue weighted by Gasteiger charge is -2.23. The van der Waals surface area contributed by atoms with Crippen LogP contribution in [0.2, 0.25) is 0 Å². The van der Waals surface area contributed by atoms with E-state index in [9.17, 15) is 4.79 Å². The Bertz CT molecular complexity index is 661. The number of amides is 1. The van der Waals surface area contributed by atoms with Gasteiger partial charge in [-0.2, -0.15) is 0 Å². The second kappa shape index (κ2) is 17.7. The molecule has 0 radical (unpaired) electrons. The molecule has 0 heterocycles. The molecule has 0 unspecified atom stereocenters. The van der Waals surface area contributed by atoms with E-state index in [1.54, 1.807) is 0 Å². The predicted molar refractivity (Wildman–Crippen MR) is 127 cm³/mol. The van der Waals surface area contributed by atoms with Crippen LogP contribution in [0, 0.1) is 0 Å². The first kappa shape index (κ1) is 27.9. The number of carbonyl (C=O) groups is 1. The lowest BCUT2D eigenvalue weighted by Crippen LogP contribution is -2.30. The standard InChI is InChI=1S/C22H30N4O2.2ClH/c27-22(17-25-28)24-15-7-13-23-14-8-16-26(18-20-9-3-1-4-10-20)19-21-11-5-2-6-12-21;;/h1-6,9-12,17,23,28H,7-8,13-16,18-19H2,(H,24,27);2*1H/b25-17+;;. The maximum Gasteiger partial charge on any atom is 0.265 e. The van der Waals surface area contributed by atoms with Gasteiger partial charge in [-0.05, 0) is 37.1 Å². The van der Waals surface area contributed by atoms with Crippen molar-refractivity contribution in [1.29, 1.82) is 0 Å². The SMILES string of the molecule is Cl.Cl.O=C(/C=N/O)NCCCNCCCN(Cc1ccccc1)Cc1ccccc1. The molecule has 30 heavy (non-hydrogen) atoms. The van der Waals surface area contributed by atoms with E-state index in [0.717, 1.165) is 51.8 Å². The number of oxime groups is 1. The second-order valence-electron chi connectivity index (χ2n) is 6.67. The van der Waals surface area contributed by atoms with E-state index < -0.39 is 0 Å². The highest BCUT2D eigenvalue weighted by Crippen LogP contribution is 2.10. The molecular formula is C22H32Cl2N4O2. The van der Waals surface area contributed by atoms with Gasteiger partial charge in [0.25, 0.3) is 5.91 Å². The van der Waals surface area contributed by atoms with Crippen molar-refractivity contribution in [3.8, 4) is 0 Å². The largest absolute Gasteiger partial charge is 0.411 e. The minimum absolute atomic E-state index is 0. The Morgan fingerprint density at radius 3 is 1.93 bits per heavy atom. The Kier molecular flexibility index (Phi) is 16.5. The Hall–Kier alpha value is -2.12. The second-order valence-corrected chi connectivity index (χ2v) is 6.67. The number of hydrogen-bond donors (Lipinski definition) is 3. The molecule has 0 fully saturated rings. The molecule has 0 aliphatic carbocycles. The quantitative estimate of drug-likeness (QED) is 0.187. The van der Waals surface area contributed by atoms with Crippen LogP contribution in [0.4, 0.5) is 0 Å². The highest BCUT2D eigenvalue weighted by atomic mass is 35.5. The molecule has 2 aromatic rings. The fourth-order valence-electron chi connectivity index (χ4n) is 2.97. The van der Waals surface area contributed by atoms with Crippen LogP contribution in [-0.4, -0.2) is 48.4 Å². The van der Waals surface area contributed by atoms with Gasteiger partial charge in [0.1, 0.15) is 6.21 Å². The summed E-state index contributed by atoms with van der Waals surface area (Å²) in [6, 6.07) is 21.1. The summed E-state index contributed by atoms with van der Waals surface area (Å²) in [5, 5.41) is 17.0. The van der Waals surface area contributed by atoms with Crippen LogP contribution >= 0.6 is 24.8 Å². The van der Waals surface area contributed by atoms with E-state index in [2.05, 4.69) is 69.2 Å². The van der Waals surface area contributed by atoms with Gasteiger partial charge in [-0.25, -0.2) is 0 Å². The molecule has 0 saturated carbocycles. The summed E-state index contributed by atoms with van der Waals surface area (Å²) in [5.74, 6) is -0.375. The van der Waals surface area contributed by atoms with Gasteiger partial charge in [0, 0.05) is 26.2 Å². The summed E-state index contributed by atoms with van der Waals surface area (Å²) in [4.78, 5) is 13.6. The first-order chi connectivity index (χ1) is 13.8. The van der Waals surface area contributed by atoms with Crippen LogP contribution in [0.15, 0.2) is 65.8 Å². The summed E-state index contributed by atoms with van der Waals surface area (Å²) in [5.41, 5.74) is 2.65. The van der Waals surface area contributed by atoms with Crippen molar-refractivity contribution in [3.63, 3.8) is 0 Å². The van der Waals surface area contributed by atoms with Crippen LogP contribution in [0.3, 0.4) is 0 Å². The van der Waals surface area contributed by atoms with E-state index in [0.29, 0.717) is 6.54 Å². The van der Waals surface area contributed by atoms with E-state index in [-0.39, 0.29) is 30.7 Å². The van der Waals surface area contributed by atoms with Crippen molar-refractivity contribution in [1.82, 2.24) is 15.5 Å². The van der Waals surface area contributed by atoms with Gasteiger partial charge in [0.05, 0.1) is 0 Å². The van der Waals surface area contributed by atoms with Crippen LogP contribution in [-0.2, 0) is 17.9 Å². The molecule has 2 rings (SSSR count). The summed E-state index contributed by atoms with van der Waals surface area (Å²) in [7, 11) is 0. The van der Waals surface area contributed by atoms with Crippen LogP contribution in [0.25, 0.3) is 0 Å². The zero-order chi connectivity index (χ0) is 19.9. The van der Waals surface area contributed by atoms with Crippen LogP contribution in [0.5, 0.6) is 0 Å². The Labute approximate surface area is 191 Å². The number of rotatable bonds is 13. The van der Waals surface area contributed by atoms with E-state index in [4.69, 9.17) is 5.21 Å². The highest BCUT2D eigenvalue weighted by Gasteiger charge is 2.07. The number of nitrogens with zero attached hydrogens (tertiary/aromatic N) is 2. The summed E-state index contributed by atoms with van der Waals surface area (Å²) < 4.78 is 0. The molecule has 6 nitrogen and oxygen atoms in total. The molecule has 0 aliphatic heterocycles. The lowest BCUT2D eigenvalue weighted by molar-refractivity contribution is -0.114. The Morgan fingerprint density at radius 1 is 0.867 bits per heavy atom. The minimum atomic E-state index is -0.375. The molecule has 166 valence electrons. The maximum atomic E-state index is 11.1. The monoisotopic (exact) mass is 454 g/mol. The van der Waals surface area contributed by atoms with Crippen molar-refractivity contribution >= 4 is 36.9 Å². The molecule has 8 heteroatoms. The topological polar surface area (TPSA) is 77.0 Å². The van der Waals surface area contributed by atoms with Gasteiger partial charge in [0.15, 0.2) is 0 Å². The molecule has 3 N–H and O–H groups in total. The van der Waals surface area contributed by atoms with Gasteiger partial charge < -0.3 is 15.8 Å². The molecule has 0 bridgehead atoms. The molecular weight excluding hydrogens is 423 g/mol. The lowest BCUT2D eigenvalue weighted by atomic mass is 10.1. The molecule has 0 spiro atoms. The zero-order valence-corrected chi connectivity index (χ0v) is 18.7. The van der Waals surface area contributed by atoms with Crippen molar-refractivity contribution in [2.24, 2.45) is 5.16 Å². The van der Waals surface area contributed by atoms with Gasteiger partial charge in [-0.1, -0.05) is 65.8 Å².